The first-order valence-corrected chi connectivity index (χ1v) is 6.81. The number of imidazole rings is 1. The Labute approximate surface area is 128 Å². The van der Waals surface area contributed by atoms with Gasteiger partial charge in [0.2, 0.25) is 0 Å². The number of hydrogen-bond acceptors (Lipinski definition) is 4. The first kappa shape index (κ1) is 14.4. The standard InChI is InChI=1S/C12H11IN4O3/c1-7(11-14-4-5-15-11)16-12(18)9-6-8(17(19)20)2-3-10(9)13/h2-7H,1H3,(H,14,15)(H,16,18). The van der Waals surface area contributed by atoms with Crippen LogP contribution in [0.3, 0.4) is 0 Å². The van der Waals surface area contributed by atoms with Gasteiger partial charge in [-0.15, -0.1) is 0 Å². The number of aromatic nitrogens is 2. The number of carbonyl (C=O) groups is 1. The summed E-state index contributed by atoms with van der Waals surface area (Å²) >= 11 is 1.97. The number of carbonyl (C=O) groups excluding carboxylic acids is 1. The van der Waals surface area contributed by atoms with Gasteiger partial charge in [0.1, 0.15) is 5.82 Å². The molecule has 20 heavy (non-hydrogen) atoms. The van der Waals surface area contributed by atoms with Gasteiger partial charge >= 0.3 is 0 Å². The Morgan fingerprint density at radius 3 is 2.90 bits per heavy atom. The normalized spacial score (nSPS) is 11.9. The molecule has 2 aromatic rings. The molecule has 1 unspecified atom stereocenters. The van der Waals surface area contributed by atoms with E-state index in [-0.39, 0.29) is 23.2 Å². The molecule has 1 aromatic heterocycles. The summed E-state index contributed by atoms with van der Waals surface area (Å²) in [6, 6.07) is 3.87. The van der Waals surface area contributed by atoms with Crippen LogP contribution in [0.2, 0.25) is 0 Å². The van der Waals surface area contributed by atoms with E-state index in [1.54, 1.807) is 25.4 Å². The predicted molar refractivity (Wildman–Crippen MR) is 80.3 cm³/mol. The molecule has 2 rings (SSSR count). The fourth-order valence-electron chi connectivity index (χ4n) is 1.66. The Morgan fingerprint density at radius 1 is 1.55 bits per heavy atom. The molecule has 0 fully saturated rings. The van der Waals surface area contributed by atoms with Crippen molar-refractivity contribution in [1.82, 2.24) is 15.3 Å². The maximum absolute atomic E-state index is 12.2. The van der Waals surface area contributed by atoms with Crippen molar-refractivity contribution < 1.29 is 9.72 Å². The number of halogens is 1. The lowest BCUT2D eigenvalue weighted by Crippen LogP contribution is -2.28. The van der Waals surface area contributed by atoms with Gasteiger partial charge in [-0.1, -0.05) is 0 Å². The number of aromatic amines is 1. The zero-order valence-electron chi connectivity index (χ0n) is 10.5. The highest BCUT2D eigenvalue weighted by Gasteiger charge is 2.18. The summed E-state index contributed by atoms with van der Waals surface area (Å²) in [5.41, 5.74) is 0.166. The van der Waals surface area contributed by atoms with Crippen molar-refractivity contribution in [2.75, 3.05) is 0 Å². The Kier molecular flexibility index (Phi) is 4.32. The molecular weight excluding hydrogens is 375 g/mol. The number of nitrogens with one attached hydrogen (secondary N) is 2. The summed E-state index contributed by atoms with van der Waals surface area (Å²) in [4.78, 5) is 29.3. The van der Waals surface area contributed by atoms with Crippen molar-refractivity contribution in [3.05, 3.63) is 55.7 Å². The molecule has 0 aliphatic heterocycles. The van der Waals surface area contributed by atoms with E-state index >= 15 is 0 Å². The number of benzene rings is 1. The van der Waals surface area contributed by atoms with E-state index in [2.05, 4.69) is 15.3 Å². The minimum absolute atomic E-state index is 0.110. The zero-order chi connectivity index (χ0) is 14.7. The van der Waals surface area contributed by atoms with Crippen molar-refractivity contribution in [1.29, 1.82) is 0 Å². The van der Waals surface area contributed by atoms with Crippen molar-refractivity contribution in [2.24, 2.45) is 0 Å². The monoisotopic (exact) mass is 386 g/mol. The van der Waals surface area contributed by atoms with E-state index in [0.29, 0.717) is 9.39 Å². The van der Waals surface area contributed by atoms with Gasteiger partial charge in [-0.25, -0.2) is 4.98 Å². The number of rotatable bonds is 4. The molecule has 1 aromatic carbocycles. The van der Waals surface area contributed by atoms with E-state index in [4.69, 9.17) is 0 Å². The third-order valence-electron chi connectivity index (χ3n) is 2.68. The SMILES string of the molecule is CC(NC(=O)c1cc([N+](=O)[O-])ccc1I)c1ncc[nH]1. The molecule has 0 saturated heterocycles. The van der Waals surface area contributed by atoms with Crippen LogP contribution in [0.15, 0.2) is 30.6 Å². The predicted octanol–water partition coefficient (Wildman–Crippen LogP) is 2.41. The van der Waals surface area contributed by atoms with Gasteiger partial charge in [0.15, 0.2) is 0 Å². The number of nitro groups is 1. The second-order valence-corrected chi connectivity index (χ2v) is 5.25. The van der Waals surface area contributed by atoms with Crippen LogP contribution in [0.4, 0.5) is 5.69 Å². The molecule has 0 aliphatic carbocycles. The largest absolute Gasteiger partial charge is 0.347 e. The number of nitrogens with zero attached hydrogens (tertiary/aromatic N) is 2. The van der Waals surface area contributed by atoms with Gasteiger partial charge in [0.05, 0.1) is 16.5 Å². The number of amides is 1. The average molecular weight is 386 g/mol. The number of non-ortho nitro benzene ring substituents is 1. The summed E-state index contributed by atoms with van der Waals surface area (Å²) in [7, 11) is 0. The summed E-state index contributed by atoms with van der Waals surface area (Å²) in [6.07, 6.45) is 3.25. The highest BCUT2D eigenvalue weighted by Crippen LogP contribution is 2.20. The summed E-state index contributed by atoms with van der Waals surface area (Å²) in [5.74, 6) is 0.251. The fourth-order valence-corrected chi connectivity index (χ4v) is 2.24. The molecule has 1 atom stereocenters. The van der Waals surface area contributed by atoms with Crippen LogP contribution in [-0.2, 0) is 0 Å². The molecule has 8 heteroatoms. The summed E-state index contributed by atoms with van der Waals surface area (Å²) in [6.45, 7) is 1.78. The van der Waals surface area contributed by atoms with E-state index < -0.39 is 4.92 Å². The number of nitro benzene ring substituents is 1. The van der Waals surface area contributed by atoms with Gasteiger partial charge in [0.25, 0.3) is 11.6 Å². The highest BCUT2D eigenvalue weighted by molar-refractivity contribution is 14.1. The smallest absolute Gasteiger partial charge is 0.270 e. The molecule has 0 spiro atoms. The van der Waals surface area contributed by atoms with Crippen LogP contribution in [0, 0.1) is 13.7 Å². The lowest BCUT2D eigenvalue weighted by atomic mass is 10.1. The van der Waals surface area contributed by atoms with Crippen LogP contribution in [-0.4, -0.2) is 20.8 Å². The minimum atomic E-state index is -0.525. The summed E-state index contributed by atoms with van der Waals surface area (Å²) in [5, 5.41) is 13.5. The molecule has 0 aliphatic rings. The van der Waals surface area contributed by atoms with Crippen LogP contribution < -0.4 is 5.32 Å². The maximum atomic E-state index is 12.2. The Balaban J connectivity index is 2.20. The second-order valence-electron chi connectivity index (χ2n) is 4.09. The Morgan fingerprint density at radius 2 is 2.30 bits per heavy atom. The third kappa shape index (κ3) is 3.13. The topological polar surface area (TPSA) is 101 Å². The maximum Gasteiger partial charge on any atom is 0.270 e. The molecule has 1 heterocycles. The molecule has 2 N–H and O–H groups in total. The second kappa shape index (κ2) is 5.99. The van der Waals surface area contributed by atoms with Gasteiger partial charge in [0, 0.05) is 28.1 Å². The Hall–Kier alpha value is -1.97. The van der Waals surface area contributed by atoms with E-state index in [0.717, 1.165) is 0 Å². The van der Waals surface area contributed by atoms with Crippen LogP contribution in [0.5, 0.6) is 0 Å². The zero-order valence-corrected chi connectivity index (χ0v) is 12.6. The first-order chi connectivity index (χ1) is 9.49. The number of H-pyrrole nitrogens is 1. The van der Waals surface area contributed by atoms with Gasteiger partial charge in [-0.3, -0.25) is 14.9 Å². The first-order valence-electron chi connectivity index (χ1n) is 5.73. The van der Waals surface area contributed by atoms with Crippen molar-refractivity contribution in [3.63, 3.8) is 0 Å². The van der Waals surface area contributed by atoms with Crippen molar-refractivity contribution in [2.45, 2.75) is 13.0 Å². The number of hydrogen-bond donors (Lipinski definition) is 2. The quantitative estimate of drug-likeness (QED) is 0.479. The van der Waals surface area contributed by atoms with Crippen molar-refractivity contribution in [3.8, 4) is 0 Å². The van der Waals surface area contributed by atoms with Crippen LogP contribution >= 0.6 is 22.6 Å². The average Bonchev–Trinajstić information content (AvgIpc) is 2.92. The summed E-state index contributed by atoms with van der Waals surface area (Å²) < 4.78 is 0.650. The van der Waals surface area contributed by atoms with Gasteiger partial charge < -0.3 is 10.3 Å². The van der Waals surface area contributed by atoms with Crippen LogP contribution in [0.1, 0.15) is 29.1 Å². The third-order valence-corrected chi connectivity index (χ3v) is 3.62. The minimum Gasteiger partial charge on any atom is -0.347 e. The Bertz CT molecular complexity index is 642. The molecule has 0 radical (unpaired) electrons. The van der Waals surface area contributed by atoms with E-state index in [1.807, 2.05) is 22.6 Å². The van der Waals surface area contributed by atoms with Gasteiger partial charge in [-0.2, -0.15) is 0 Å². The van der Waals surface area contributed by atoms with Crippen molar-refractivity contribution >= 4 is 34.2 Å². The molecule has 104 valence electrons. The van der Waals surface area contributed by atoms with Crippen LogP contribution in [0.25, 0.3) is 0 Å². The lowest BCUT2D eigenvalue weighted by molar-refractivity contribution is -0.384. The molecule has 0 bridgehead atoms. The fraction of sp³-hybridized carbons (Fsp3) is 0.167. The van der Waals surface area contributed by atoms with Gasteiger partial charge in [-0.05, 0) is 35.6 Å². The van der Waals surface area contributed by atoms with E-state index in [1.165, 1.54) is 12.1 Å². The highest BCUT2D eigenvalue weighted by atomic mass is 127. The molecule has 7 nitrogen and oxygen atoms in total. The molecule has 0 saturated carbocycles. The van der Waals surface area contributed by atoms with E-state index in [9.17, 15) is 14.9 Å². The molecule has 1 amide bonds. The lowest BCUT2D eigenvalue weighted by Gasteiger charge is -2.12. The molecular formula is C12H11IN4O3.